The van der Waals surface area contributed by atoms with E-state index in [-0.39, 0.29) is 24.2 Å². The molecule has 0 aromatic heterocycles. The number of para-hydroxylation sites is 1. The zero-order valence-corrected chi connectivity index (χ0v) is 15.7. The molecule has 0 saturated carbocycles. The van der Waals surface area contributed by atoms with Crippen molar-refractivity contribution in [3.63, 3.8) is 0 Å². The van der Waals surface area contributed by atoms with Crippen molar-refractivity contribution in [2.45, 2.75) is 6.42 Å². The van der Waals surface area contributed by atoms with Crippen molar-refractivity contribution in [2.24, 2.45) is 0 Å². The first kappa shape index (κ1) is 19.6. The second-order valence-electron chi connectivity index (χ2n) is 6.11. The molecule has 0 saturated heterocycles. The highest BCUT2D eigenvalue weighted by molar-refractivity contribution is 6.33. The predicted molar refractivity (Wildman–Crippen MR) is 108 cm³/mol. The van der Waals surface area contributed by atoms with Gasteiger partial charge < -0.3 is 10.6 Å². The number of hydrogen-bond acceptors (Lipinski definition) is 2. The van der Waals surface area contributed by atoms with Crippen LogP contribution in [0.25, 0.3) is 0 Å². The van der Waals surface area contributed by atoms with Crippen LogP contribution in [0.5, 0.6) is 0 Å². The molecule has 0 atom stereocenters. The molecule has 0 aliphatic heterocycles. The van der Waals surface area contributed by atoms with E-state index in [0.29, 0.717) is 33.8 Å². The van der Waals surface area contributed by atoms with Crippen molar-refractivity contribution in [2.75, 3.05) is 11.9 Å². The van der Waals surface area contributed by atoms with Crippen molar-refractivity contribution in [1.82, 2.24) is 5.32 Å². The topological polar surface area (TPSA) is 58.2 Å². The van der Waals surface area contributed by atoms with Gasteiger partial charge in [-0.15, -0.1) is 0 Å². The minimum absolute atomic E-state index is 0.288. The first-order valence-corrected chi connectivity index (χ1v) is 9.10. The minimum Gasteiger partial charge on any atom is -0.352 e. The number of benzene rings is 3. The molecule has 3 rings (SSSR count). The van der Waals surface area contributed by atoms with Gasteiger partial charge in [-0.2, -0.15) is 0 Å². The van der Waals surface area contributed by atoms with E-state index in [1.54, 1.807) is 60.7 Å². The SMILES string of the molecule is O=C(NCCc1ccccc1F)c1cccc(C(=O)Nc2ccccc2Cl)c1. The molecule has 2 N–H and O–H groups in total. The minimum atomic E-state index is -0.367. The van der Waals surface area contributed by atoms with Crippen LogP contribution in [0.4, 0.5) is 10.1 Å². The molecule has 4 nitrogen and oxygen atoms in total. The maximum atomic E-state index is 13.6. The van der Waals surface area contributed by atoms with E-state index in [1.807, 2.05) is 0 Å². The van der Waals surface area contributed by atoms with Crippen LogP contribution in [-0.2, 0) is 6.42 Å². The summed E-state index contributed by atoms with van der Waals surface area (Å²) in [5.74, 6) is -0.993. The van der Waals surface area contributed by atoms with Crippen LogP contribution in [0.1, 0.15) is 26.3 Å². The maximum Gasteiger partial charge on any atom is 0.255 e. The molecule has 28 heavy (non-hydrogen) atoms. The molecular formula is C22H18ClFN2O2. The van der Waals surface area contributed by atoms with Crippen LogP contribution >= 0.6 is 11.6 Å². The lowest BCUT2D eigenvalue weighted by Crippen LogP contribution is -2.26. The Bertz CT molecular complexity index is 1010. The molecule has 3 aromatic rings. The van der Waals surface area contributed by atoms with Crippen LogP contribution in [0.3, 0.4) is 0 Å². The monoisotopic (exact) mass is 396 g/mol. The summed E-state index contributed by atoms with van der Waals surface area (Å²) in [6, 6.07) is 19.7. The number of carbonyl (C=O) groups excluding carboxylic acids is 2. The lowest BCUT2D eigenvalue weighted by atomic mass is 10.1. The smallest absolute Gasteiger partial charge is 0.255 e. The van der Waals surface area contributed by atoms with Gasteiger partial charge in [-0.25, -0.2) is 4.39 Å². The van der Waals surface area contributed by atoms with Gasteiger partial charge in [0.25, 0.3) is 11.8 Å². The molecule has 0 heterocycles. The van der Waals surface area contributed by atoms with Crippen LogP contribution < -0.4 is 10.6 Å². The fourth-order valence-corrected chi connectivity index (χ4v) is 2.86. The van der Waals surface area contributed by atoms with Crippen LogP contribution in [0.2, 0.25) is 5.02 Å². The van der Waals surface area contributed by atoms with Gasteiger partial charge >= 0.3 is 0 Å². The number of amides is 2. The highest BCUT2D eigenvalue weighted by Gasteiger charge is 2.12. The van der Waals surface area contributed by atoms with E-state index in [0.717, 1.165) is 0 Å². The third kappa shape index (κ3) is 4.96. The summed E-state index contributed by atoms with van der Waals surface area (Å²) in [6.07, 6.45) is 0.380. The number of rotatable bonds is 6. The Morgan fingerprint density at radius 3 is 2.29 bits per heavy atom. The zero-order valence-electron chi connectivity index (χ0n) is 14.9. The predicted octanol–water partition coefficient (Wildman–Crippen LogP) is 4.70. The lowest BCUT2D eigenvalue weighted by Gasteiger charge is -2.09. The number of anilines is 1. The molecule has 2 amide bonds. The highest BCUT2D eigenvalue weighted by atomic mass is 35.5. The average molecular weight is 397 g/mol. The quantitative estimate of drug-likeness (QED) is 0.634. The summed E-state index contributed by atoms with van der Waals surface area (Å²) in [5.41, 5.74) is 1.71. The Labute approximate surface area is 167 Å². The number of hydrogen-bond donors (Lipinski definition) is 2. The highest BCUT2D eigenvalue weighted by Crippen LogP contribution is 2.21. The number of halogens is 2. The molecule has 0 fully saturated rings. The fraction of sp³-hybridized carbons (Fsp3) is 0.0909. The van der Waals surface area contributed by atoms with Crippen molar-refractivity contribution < 1.29 is 14.0 Å². The van der Waals surface area contributed by atoms with Gasteiger partial charge in [-0.05, 0) is 48.4 Å². The summed E-state index contributed by atoms with van der Waals surface area (Å²) in [5, 5.41) is 5.89. The standard InChI is InChI=1S/C22H18ClFN2O2/c23-18-9-2-4-11-20(18)26-22(28)17-8-5-7-16(14-17)21(27)25-13-12-15-6-1-3-10-19(15)24/h1-11,14H,12-13H2,(H,25,27)(H,26,28). The van der Waals surface area contributed by atoms with E-state index in [2.05, 4.69) is 10.6 Å². The van der Waals surface area contributed by atoms with Crippen molar-refractivity contribution >= 4 is 29.1 Å². The van der Waals surface area contributed by atoms with E-state index < -0.39 is 0 Å². The van der Waals surface area contributed by atoms with Gasteiger partial charge in [-0.1, -0.05) is 48.0 Å². The fourth-order valence-electron chi connectivity index (χ4n) is 2.67. The molecular weight excluding hydrogens is 379 g/mol. The first-order chi connectivity index (χ1) is 13.5. The van der Waals surface area contributed by atoms with E-state index in [1.165, 1.54) is 12.1 Å². The Morgan fingerprint density at radius 1 is 0.857 bits per heavy atom. The molecule has 0 radical (unpaired) electrons. The zero-order chi connectivity index (χ0) is 19.9. The van der Waals surface area contributed by atoms with Gasteiger partial charge in [0, 0.05) is 17.7 Å². The summed E-state index contributed by atoms with van der Waals surface area (Å²) >= 11 is 6.05. The van der Waals surface area contributed by atoms with E-state index >= 15 is 0 Å². The van der Waals surface area contributed by atoms with Gasteiger partial charge in [0.05, 0.1) is 10.7 Å². The van der Waals surface area contributed by atoms with Crippen LogP contribution in [-0.4, -0.2) is 18.4 Å². The van der Waals surface area contributed by atoms with Gasteiger partial charge in [-0.3, -0.25) is 9.59 Å². The molecule has 0 unspecified atom stereocenters. The second-order valence-corrected chi connectivity index (χ2v) is 6.52. The normalized spacial score (nSPS) is 10.4. The third-order valence-corrected chi connectivity index (χ3v) is 4.48. The second kappa shape index (κ2) is 9.15. The van der Waals surface area contributed by atoms with E-state index in [9.17, 15) is 14.0 Å². The molecule has 6 heteroatoms. The molecule has 0 aliphatic carbocycles. The van der Waals surface area contributed by atoms with Crippen LogP contribution in [0, 0.1) is 5.82 Å². The Kier molecular flexibility index (Phi) is 6.40. The lowest BCUT2D eigenvalue weighted by molar-refractivity contribution is 0.0954. The Balaban J connectivity index is 1.62. The van der Waals surface area contributed by atoms with Gasteiger partial charge in [0.2, 0.25) is 0 Å². The molecule has 142 valence electrons. The largest absolute Gasteiger partial charge is 0.352 e. The third-order valence-electron chi connectivity index (χ3n) is 4.15. The van der Waals surface area contributed by atoms with Crippen molar-refractivity contribution in [1.29, 1.82) is 0 Å². The number of carbonyl (C=O) groups is 2. The van der Waals surface area contributed by atoms with Gasteiger partial charge in [0.15, 0.2) is 0 Å². The summed E-state index contributed by atoms with van der Waals surface area (Å²) in [7, 11) is 0. The Morgan fingerprint density at radius 2 is 1.54 bits per heavy atom. The van der Waals surface area contributed by atoms with Crippen molar-refractivity contribution in [3.05, 3.63) is 100 Å². The van der Waals surface area contributed by atoms with E-state index in [4.69, 9.17) is 11.6 Å². The Hall–Kier alpha value is -3.18. The van der Waals surface area contributed by atoms with Crippen molar-refractivity contribution in [3.8, 4) is 0 Å². The van der Waals surface area contributed by atoms with Crippen LogP contribution in [0.15, 0.2) is 72.8 Å². The first-order valence-electron chi connectivity index (χ1n) is 8.72. The summed E-state index contributed by atoms with van der Waals surface area (Å²) < 4.78 is 13.6. The summed E-state index contributed by atoms with van der Waals surface area (Å²) in [4.78, 5) is 24.8. The molecule has 0 spiro atoms. The molecule has 0 aliphatic rings. The molecule has 0 bridgehead atoms. The molecule has 3 aromatic carbocycles. The summed E-state index contributed by atoms with van der Waals surface area (Å²) in [6.45, 7) is 0.288. The van der Waals surface area contributed by atoms with Gasteiger partial charge in [0.1, 0.15) is 5.82 Å². The average Bonchev–Trinajstić information content (AvgIpc) is 2.71. The number of nitrogens with one attached hydrogen (secondary N) is 2. The maximum absolute atomic E-state index is 13.6.